The molecule has 1 aromatic heterocycles. The zero-order chi connectivity index (χ0) is 12.3. The van der Waals surface area contributed by atoms with Gasteiger partial charge >= 0.3 is 5.97 Å². The number of anilines is 1. The van der Waals surface area contributed by atoms with E-state index in [0.29, 0.717) is 13.2 Å². The van der Waals surface area contributed by atoms with Crippen molar-refractivity contribution >= 4 is 22.4 Å². The predicted octanol–water partition coefficient (Wildman–Crippen LogP) is 1.39. The van der Waals surface area contributed by atoms with E-state index in [1.165, 1.54) is 0 Å². The third kappa shape index (κ3) is 3.17. The van der Waals surface area contributed by atoms with Gasteiger partial charge in [0.05, 0.1) is 24.8 Å². The molecule has 6 heteroatoms. The number of aryl methyl sites for hydroxylation is 1. The molecule has 1 unspecified atom stereocenters. The van der Waals surface area contributed by atoms with E-state index in [1.807, 2.05) is 0 Å². The first-order chi connectivity index (χ1) is 8.19. The van der Waals surface area contributed by atoms with Crippen molar-refractivity contribution in [1.82, 2.24) is 4.98 Å². The van der Waals surface area contributed by atoms with Gasteiger partial charge in [-0.15, -0.1) is 11.3 Å². The van der Waals surface area contributed by atoms with Crippen molar-refractivity contribution < 1.29 is 14.6 Å². The lowest BCUT2D eigenvalue weighted by Crippen LogP contribution is -2.43. The van der Waals surface area contributed by atoms with E-state index in [-0.39, 0.29) is 12.5 Å². The summed E-state index contributed by atoms with van der Waals surface area (Å²) in [5, 5.41) is 11.8. The second kappa shape index (κ2) is 5.46. The Balaban J connectivity index is 1.99. The minimum absolute atomic E-state index is 0.0580. The molecular weight excluding hydrogens is 240 g/mol. The molecule has 1 saturated heterocycles. The van der Waals surface area contributed by atoms with Crippen LogP contribution in [0.3, 0.4) is 0 Å². The molecule has 1 aromatic rings. The molecule has 2 heterocycles. The number of nitrogens with zero attached hydrogens (tertiary/aromatic N) is 2. The number of aromatic nitrogens is 1. The smallest absolute Gasteiger partial charge is 0.306 e. The van der Waals surface area contributed by atoms with E-state index in [1.54, 1.807) is 11.3 Å². The summed E-state index contributed by atoms with van der Waals surface area (Å²) >= 11 is 1.61. The Labute approximate surface area is 104 Å². The maximum Gasteiger partial charge on any atom is 0.306 e. The SMILES string of the molecule is CCc1csc(N2CCOC(CC(=O)O)C2)n1. The van der Waals surface area contributed by atoms with E-state index in [4.69, 9.17) is 9.84 Å². The van der Waals surface area contributed by atoms with Gasteiger partial charge in [-0.2, -0.15) is 0 Å². The summed E-state index contributed by atoms with van der Waals surface area (Å²) in [4.78, 5) is 17.3. The average Bonchev–Trinajstić information content (AvgIpc) is 2.77. The zero-order valence-electron chi connectivity index (χ0n) is 9.76. The van der Waals surface area contributed by atoms with E-state index in [2.05, 4.69) is 22.2 Å². The Hall–Kier alpha value is -1.14. The fourth-order valence-corrected chi connectivity index (χ4v) is 2.76. The predicted molar refractivity (Wildman–Crippen MR) is 65.7 cm³/mol. The van der Waals surface area contributed by atoms with Crippen LogP contribution in [0.15, 0.2) is 5.38 Å². The summed E-state index contributed by atoms with van der Waals surface area (Å²) < 4.78 is 5.43. The number of hydrogen-bond donors (Lipinski definition) is 1. The van der Waals surface area contributed by atoms with Gasteiger partial charge < -0.3 is 14.7 Å². The maximum absolute atomic E-state index is 10.6. The lowest BCUT2D eigenvalue weighted by molar-refractivity contribution is -0.140. The molecule has 1 fully saturated rings. The molecule has 1 N–H and O–H groups in total. The van der Waals surface area contributed by atoms with Crippen molar-refractivity contribution in [3.63, 3.8) is 0 Å². The van der Waals surface area contributed by atoms with Gasteiger partial charge in [-0.25, -0.2) is 4.98 Å². The average molecular weight is 256 g/mol. The van der Waals surface area contributed by atoms with Crippen LogP contribution in [-0.2, 0) is 16.0 Å². The van der Waals surface area contributed by atoms with Crippen molar-refractivity contribution in [2.75, 3.05) is 24.6 Å². The van der Waals surface area contributed by atoms with E-state index < -0.39 is 5.97 Å². The highest BCUT2D eigenvalue weighted by molar-refractivity contribution is 7.13. The first kappa shape index (κ1) is 12.3. The van der Waals surface area contributed by atoms with Gasteiger partial charge in [0.25, 0.3) is 0 Å². The normalized spacial score (nSPS) is 20.5. The topological polar surface area (TPSA) is 62.7 Å². The number of rotatable bonds is 4. The fraction of sp³-hybridized carbons (Fsp3) is 0.636. The minimum Gasteiger partial charge on any atom is -0.481 e. The van der Waals surface area contributed by atoms with E-state index >= 15 is 0 Å². The van der Waals surface area contributed by atoms with Crippen LogP contribution in [0.2, 0.25) is 0 Å². The van der Waals surface area contributed by atoms with Crippen LogP contribution in [0, 0.1) is 0 Å². The van der Waals surface area contributed by atoms with Gasteiger partial charge in [-0.1, -0.05) is 6.92 Å². The second-order valence-corrected chi connectivity index (χ2v) is 4.85. The summed E-state index contributed by atoms with van der Waals surface area (Å²) in [6, 6.07) is 0. The number of carboxylic acids is 1. The van der Waals surface area contributed by atoms with Crippen LogP contribution in [0.1, 0.15) is 19.0 Å². The minimum atomic E-state index is -0.815. The van der Waals surface area contributed by atoms with Gasteiger partial charge in [0, 0.05) is 18.5 Å². The highest BCUT2D eigenvalue weighted by atomic mass is 32.1. The van der Waals surface area contributed by atoms with Crippen LogP contribution >= 0.6 is 11.3 Å². The van der Waals surface area contributed by atoms with Gasteiger partial charge in [-0.3, -0.25) is 4.79 Å². The molecule has 1 aliphatic heterocycles. The molecule has 0 aromatic carbocycles. The molecule has 0 amide bonds. The fourth-order valence-electron chi connectivity index (χ4n) is 1.82. The molecular formula is C11H16N2O3S. The first-order valence-electron chi connectivity index (χ1n) is 5.71. The number of carboxylic acid groups (broad SMARTS) is 1. The number of aliphatic carboxylic acids is 1. The summed E-state index contributed by atoms with van der Waals surface area (Å²) in [5.74, 6) is -0.815. The number of ether oxygens (including phenoxy) is 1. The largest absolute Gasteiger partial charge is 0.481 e. The standard InChI is InChI=1S/C11H16N2O3S/c1-2-8-7-17-11(12-8)13-3-4-16-9(6-13)5-10(14)15/h7,9H,2-6H2,1H3,(H,14,15). The Morgan fingerprint density at radius 3 is 3.24 bits per heavy atom. The van der Waals surface area contributed by atoms with Crippen molar-refractivity contribution in [1.29, 1.82) is 0 Å². The monoisotopic (exact) mass is 256 g/mol. The van der Waals surface area contributed by atoms with Gasteiger partial charge in [0.2, 0.25) is 0 Å². The van der Waals surface area contributed by atoms with Crippen molar-refractivity contribution in [2.45, 2.75) is 25.9 Å². The molecule has 94 valence electrons. The van der Waals surface area contributed by atoms with Crippen molar-refractivity contribution in [3.8, 4) is 0 Å². The van der Waals surface area contributed by atoms with Gasteiger partial charge in [-0.05, 0) is 6.42 Å². The first-order valence-corrected chi connectivity index (χ1v) is 6.59. The second-order valence-electron chi connectivity index (χ2n) is 4.01. The lowest BCUT2D eigenvalue weighted by atomic mass is 10.2. The highest BCUT2D eigenvalue weighted by Gasteiger charge is 2.24. The molecule has 1 atom stereocenters. The molecule has 0 radical (unpaired) electrons. The van der Waals surface area contributed by atoms with Gasteiger partial charge in [0.1, 0.15) is 0 Å². The lowest BCUT2D eigenvalue weighted by Gasteiger charge is -2.31. The van der Waals surface area contributed by atoms with Crippen LogP contribution in [0.4, 0.5) is 5.13 Å². The summed E-state index contributed by atoms with van der Waals surface area (Å²) in [6.07, 6.45) is 0.761. The van der Waals surface area contributed by atoms with Crippen LogP contribution in [-0.4, -0.2) is 41.9 Å². The molecule has 5 nitrogen and oxygen atoms in total. The molecule has 17 heavy (non-hydrogen) atoms. The Morgan fingerprint density at radius 2 is 2.59 bits per heavy atom. The summed E-state index contributed by atoms with van der Waals surface area (Å²) in [5.41, 5.74) is 1.09. The summed E-state index contributed by atoms with van der Waals surface area (Å²) in [7, 11) is 0. The number of carbonyl (C=O) groups is 1. The molecule has 2 rings (SSSR count). The summed E-state index contributed by atoms with van der Waals surface area (Å²) in [6.45, 7) is 4.04. The number of hydrogen-bond acceptors (Lipinski definition) is 5. The molecule has 0 spiro atoms. The molecule has 1 aliphatic rings. The maximum atomic E-state index is 10.6. The highest BCUT2D eigenvalue weighted by Crippen LogP contribution is 2.23. The van der Waals surface area contributed by atoms with Crippen molar-refractivity contribution in [3.05, 3.63) is 11.1 Å². The van der Waals surface area contributed by atoms with Crippen LogP contribution in [0.25, 0.3) is 0 Å². The quantitative estimate of drug-likeness (QED) is 0.882. The molecule has 0 bridgehead atoms. The van der Waals surface area contributed by atoms with Gasteiger partial charge in [0.15, 0.2) is 5.13 Å². The third-order valence-corrected chi connectivity index (χ3v) is 3.66. The molecule has 0 saturated carbocycles. The van der Waals surface area contributed by atoms with Crippen molar-refractivity contribution in [2.24, 2.45) is 0 Å². The third-order valence-electron chi connectivity index (χ3n) is 2.71. The van der Waals surface area contributed by atoms with Crippen LogP contribution < -0.4 is 4.90 Å². The van der Waals surface area contributed by atoms with Crippen LogP contribution in [0.5, 0.6) is 0 Å². The molecule has 0 aliphatic carbocycles. The Morgan fingerprint density at radius 1 is 1.76 bits per heavy atom. The van der Waals surface area contributed by atoms with E-state index in [0.717, 1.165) is 23.8 Å². The zero-order valence-corrected chi connectivity index (χ0v) is 10.6. The number of thiazole rings is 1. The Kier molecular flexibility index (Phi) is 3.96. The Bertz CT molecular complexity index is 394. The van der Waals surface area contributed by atoms with E-state index in [9.17, 15) is 4.79 Å². The number of morpholine rings is 1.